The average molecular weight is 866 g/mol. The van der Waals surface area contributed by atoms with Crippen LogP contribution in [-0.4, -0.2) is 33.6 Å². The van der Waals surface area contributed by atoms with Crippen LogP contribution in [0.3, 0.4) is 0 Å². The number of hydrogen-bond acceptors (Lipinski definition) is 6. The molecule has 13 rings (SSSR count). The quantitative estimate of drug-likeness (QED) is 0.151. The van der Waals surface area contributed by atoms with Crippen molar-refractivity contribution in [2.45, 2.75) is 13.8 Å². The standard InChI is InChI=1S/C58H39N7O2/c1-36-17-19-38(20-18-36)49-35-61-58(62-37(49)2)65-54-33-41(66-39-21-25-45-43-11-3-5-13-50(43)63(52(45)31-39)56-15-7-9-29-59-56)23-27-47(54)48-28-24-42(34-55(48)65)67-40-22-26-46-44-12-4-6-14-51(44)64(53(46)32-40)57-16-8-10-30-60-57/h3-35H,1-2H3. The highest BCUT2D eigenvalue weighted by Crippen LogP contribution is 2.40. The molecule has 0 saturated heterocycles. The number of fused-ring (bicyclic) bond motifs is 9. The van der Waals surface area contributed by atoms with Crippen molar-refractivity contribution in [2.75, 3.05) is 0 Å². The number of benzene rings is 7. The Labute approximate surface area is 384 Å². The maximum absolute atomic E-state index is 6.76. The summed E-state index contributed by atoms with van der Waals surface area (Å²) in [6.45, 7) is 4.13. The van der Waals surface area contributed by atoms with Crippen LogP contribution in [0.5, 0.6) is 23.0 Å². The van der Waals surface area contributed by atoms with Crippen LogP contribution in [-0.2, 0) is 0 Å². The summed E-state index contributed by atoms with van der Waals surface area (Å²) in [6.07, 6.45) is 5.57. The summed E-state index contributed by atoms with van der Waals surface area (Å²) in [5, 5.41) is 6.62. The van der Waals surface area contributed by atoms with E-state index in [2.05, 4.69) is 142 Å². The monoisotopic (exact) mass is 865 g/mol. The van der Waals surface area contributed by atoms with Gasteiger partial charge in [-0.1, -0.05) is 78.4 Å². The summed E-state index contributed by atoms with van der Waals surface area (Å²) in [6, 6.07) is 62.2. The van der Waals surface area contributed by atoms with Crippen LogP contribution in [0.2, 0.25) is 0 Å². The average Bonchev–Trinajstić information content (AvgIpc) is 3.99. The summed E-state index contributed by atoms with van der Waals surface area (Å²) in [4.78, 5) is 19.7. The summed E-state index contributed by atoms with van der Waals surface area (Å²) in [5.74, 6) is 5.01. The first-order valence-corrected chi connectivity index (χ1v) is 22.3. The lowest BCUT2D eigenvalue weighted by molar-refractivity contribution is 0.484. The minimum absolute atomic E-state index is 0.547. The topological polar surface area (TPSA) is 84.8 Å². The molecular formula is C58H39N7O2. The lowest BCUT2D eigenvalue weighted by Gasteiger charge is -2.12. The van der Waals surface area contributed by atoms with Crippen LogP contribution < -0.4 is 9.47 Å². The highest BCUT2D eigenvalue weighted by atomic mass is 16.5. The third-order valence-electron chi connectivity index (χ3n) is 12.8. The first-order valence-electron chi connectivity index (χ1n) is 22.3. The first-order chi connectivity index (χ1) is 33.0. The predicted octanol–water partition coefficient (Wildman–Crippen LogP) is 14.4. The van der Waals surface area contributed by atoms with E-state index in [0.29, 0.717) is 28.9 Å². The molecule has 0 atom stereocenters. The Morgan fingerprint density at radius 2 is 0.791 bits per heavy atom. The number of aromatic nitrogens is 7. The summed E-state index contributed by atoms with van der Waals surface area (Å²) in [7, 11) is 0. The van der Waals surface area contributed by atoms with Gasteiger partial charge in [-0.3, -0.25) is 13.7 Å². The SMILES string of the molecule is Cc1ccc(-c2cnc(-n3c4cc(Oc5ccc6c7ccccc7n(-c7ccccn7)c6c5)ccc4c4ccc(Oc5ccc6c7ccccc7n(-c7ccccn7)c6c5)cc43)nc2C)cc1. The van der Waals surface area contributed by atoms with Gasteiger partial charge in [0.1, 0.15) is 34.6 Å². The predicted molar refractivity (Wildman–Crippen MR) is 269 cm³/mol. The molecule has 0 unspecified atom stereocenters. The fraction of sp³-hybridized carbons (Fsp3) is 0.0345. The smallest absolute Gasteiger partial charge is 0.234 e. The summed E-state index contributed by atoms with van der Waals surface area (Å²) in [5.41, 5.74) is 10.1. The van der Waals surface area contributed by atoms with Crippen LogP contribution in [0.4, 0.5) is 0 Å². The van der Waals surface area contributed by atoms with Crippen molar-refractivity contribution in [3.63, 3.8) is 0 Å². The van der Waals surface area contributed by atoms with Crippen LogP contribution >= 0.6 is 0 Å². The van der Waals surface area contributed by atoms with Crippen molar-refractivity contribution in [1.29, 1.82) is 0 Å². The highest BCUT2D eigenvalue weighted by Gasteiger charge is 2.20. The molecule has 0 aliphatic rings. The van der Waals surface area contributed by atoms with Crippen LogP contribution in [0.15, 0.2) is 201 Å². The van der Waals surface area contributed by atoms with Crippen molar-refractivity contribution >= 4 is 65.4 Å². The van der Waals surface area contributed by atoms with Gasteiger partial charge in [-0.2, -0.15) is 0 Å². The number of rotatable bonds is 8. The van der Waals surface area contributed by atoms with Crippen molar-refractivity contribution in [3.05, 3.63) is 212 Å². The van der Waals surface area contributed by atoms with Crippen molar-refractivity contribution in [1.82, 2.24) is 33.6 Å². The first kappa shape index (κ1) is 38.4. The molecule has 67 heavy (non-hydrogen) atoms. The molecular weight excluding hydrogens is 827 g/mol. The van der Waals surface area contributed by atoms with E-state index >= 15 is 0 Å². The molecule has 0 radical (unpaired) electrons. The van der Waals surface area contributed by atoms with Gasteiger partial charge >= 0.3 is 0 Å². The maximum Gasteiger partial charge on any atom is 0.234 e. The lowest BCUT2D eigenvalue weighted by Crippen LogP contribution is -2.03. The van der Waals surface area contributed by atoms with E-state index < -0.39 is 0 Å². The number of aryl methyl sites for hydroxylation is 2. The van der Waals surface area contributed by atoms with Gasteiger partial charge in [0.25, 0.3) is 0 Å². The Bertz CT molecular complexity index is 3840. The fourth-order valence-corrected chi connectivity index (χ4v) is 9.67. The number of para-hydroxylation sites is 2. The Kier molecular flexibility index (Phi) is 8.76. The molecule has 318 valence electrons. The normalized spacial score (nSPS) is 11.7. The summed E-state index contributed by atoms with van der Waals surface area (Å²) >= 11 is 0. The Hall–Kier alpha value is -9.08. The largest absolute Gasteiger partial charge is 0.457 e. The zero-order chi connectivity index (χ0) is 44.6. The van der Waals surface area contributed by atoms with E-state index in [0.717, 1.165) is 93.9 Å². The minimum Gasteiger partial charge on any atom is -0.457 e. The van der Waals surface area contributed by atoms with Gasteiger partial charge in [0.15, 0.2) is 0 Å². The number of ether oxygens (including phenoxy) is 2. The third kappa shape index (κ3) is 6.39. The van der Waals surface area contributed by atoms with Crippen molar-refractivity contribution in [3.8, 4) is 51.7 Å². The van der Waals surface area contributed by atoms with E-state index in [-0.39, 0.29) is 0 Å². The van der Waals surface area contributed by atoms with Crippen LogP contribution in [0, 0.1) is 13.8 Å². The molecule has 9 nitrogen and oxygen atoms in total. The zero-order valence-electron chi connectivity index (χ0n) is 36.5. The van der Waals surface area contributed by atoms with Gasteiger partial charge in [-0.25, -0.2) is 19.9 Å². The van der Waals surface area contributed by atoms with Crippen LogP contribution in [0.25, 0.3) is 94.1 Å². The van der Waals surface area contributed by atoms with Crippen LogP contribution in [0.1, 0.15) is 11.3 Å². The van der Waals surface area contributed by atoms with Crippen molar-refractivity contribution < 1.29 is 9.47 Å². The molecule has 9 heteroatoms. The van der Waals surface area contributed by atoms with Gasteiger partial charge in [-0.05, 0) is 104 Å². The molecule has 0 bridgehead atoms. The van der Waals surface area contributed by atoms with Crippen molar-refractivity contribution in [2.24, 2.45) is 0 Å². The molecule has 0 spiro atoms. The van der Waals surface area contributed by atoms with Gasteiger partial charge in [0.2, 0.25) is 5.95 Å². The second kappa shape index (κ2) is 15.3. The van der Waals surface area contributed by atoms with Gasteiger partial charge in [-0.15, -0.1) is 0 Å². The number of pyridine rings is 2. The molecule has 0 amide bonds. The third-order valence-corrected chi connectivity index (χ3v) is 12.8. The molecule has 0 saturated carbocycles. The Balaban J connectivity index is 0.939. The van der Waals surface area contributed by atoms with E-state index in [9.17, 15) is 0 Å². The molecule has 6 aromatic heterocycles. The molecule has 7 aromatic carbocycles. The molecule has 0 aliphatic heterocycles. The van der Waals surface area contributed by atoms with E-state index in [1.54, 1.807) is 0 Å². The highest BCUT2D eigenvalue weighted by molar-refractivity contribution is 6.11. The second-order valence-corrected chi connectivity index (χ2v) is 16.9. The number of nitrogens with zero attached hydrogens (tertiary/aromatic N) is 7. The number of hydrogen-bond donors (Lipinski definition) is 0. The minimum atomic E-state index is 0.547. The Morgan fingerprint density at radius 3 is 1.22 bits per heavy atom. The van der Waals surface area contributed by atoms with E-state index in [1.807, 2.05) is 86.2 Å². The molecule has 0 N–H and O–H groups in total. The van der Waals surface area contributed by atoms with Gasteiger partial charge in [0, 0.05) is 80.7 Å². The Morgan fingerprint density at radius 1 is 0.373 bits per heavy atom. The second-order valence-electron chi connectivity index (χ2n) is 16.9. The molecule has 0 fully saturated rings. The molecule has 13 aromatic rings. The fourth-order valence-electron chi connectivity index (χ4n) is 9.67. The van der Waals surface area contributed by atoms with E-state index in [4.69, 9.17) is 29.4 Å². The van der Waals surface area contributed by atoms with Gasteiger partial charge in [0.05, 0.1) is 38.8 Å². The lowest BCUT2D eigenvalue weighted by atomic mass is 10.0. The van der Waals surface area contributed by atoms with Gasteiger partial charge < -0.3 is 9.47 Å². The molecule has 0 aliphatic carbocycles. The maximum atomic E-state index is 6.76. The van der Waals surface area contributed by atoms with E-state index in [1.165, 1.54) is 5.56 Å². The molecule has 6 heterocycles. The zero-order valence-corrected chi connectivity index (χ0v) is 36.5. The summed E-state index contributed by atoms with van der Waals surface area (Å²) < 4.78 is 20.0.